The van der Waals surface area contributed by atoms with Gasteiger partial charge in [-0.25, -0.2) is 0 Å². The van der Waals surface area contributed by atoms with E-state index in [4.69, 9.17) is 4.74 Å². The van der Waals surface area contributed by atoms with Gasteiger partial charge in [-0.3, -0.25) is 4.79 Å². The summed E-state index contributed by atoms with van der Waals surface area (Å²) in [6.45, 7) is 5.69. The smallest absolute Gasteiger partial charge is 0.265 e. The van der Waals surface area contributed by atoms with Crippen LogP contribution in [0.2, 0.25) is 0 Å². The van der Waals surface area contributed by atoms with Crippen LogP contribution in [0.1, 0.15) is 18.1 Å². The molecule has 22 heavy (non-hydrogen) atoms. The summed E-state index contributed by atoms with van der Waals surface area (Å²) in [4.78, 5) is 12.2. The quantitative estimate of drug-likeness (QED) is 0.629. The molecule has 0 bridgehead atoms. The molecule has 2 rings (SSSR count). The molecule has 3 nitrogen and oxygen atoms in total. The highest BCUT2D eigenvalue weighted by molar-refractivity contribution is 14.1. The average Bonchev–Trinajstić information content (AvgIpc) is 2.45. The summed E-state index contributed by atoms with van der Waals surface area (Å²) in [7, 11) is 0. The van der Waals surface area contributed by atoms with Crippen LogP contribution in [0.15, 0.2) is 40.9 Å². The first-order valence-corrected chi connectivity index (χ1v) is 8.74. The van der Waals surface area contributed by atoms with Crippen molar-refractivity contribution in [3.63, 3.8) is 0 Å². The minimum absolute atomic E-state index is 0.164. The maximum Gasteiger partial charge on any atom is 0.265 e. The van der Waals surface area contributed by atoms with E-state index in [9.17, 15) is 4.79 Å². The Morgan fingerprint density at radius 2 is 1.73 bits per heavy atom. The highest BCUT2D eigenvalue weighted by Gasteiger charge is 2.17. The summed E-state index contributed by atoms with van der Waals surface area (Å²) < 4.78 is 7.99. The average molecular weight is 474 g/mol. The van der Waals surface area contributed by atoms with E-state index >= 15 is 0 Å². The Morgan fingerprint density at radius 3 is 2.27 bits per heavy atom. The lowest BCUT2D eigenvalue weighted by Crippen LogP contribution is -2.30. The molecule has 0 aromatic heterocycles. The van der Waals surface area contributed by atoms with Gasteiger partial charge < -0.3 is 10.1 Å². The number of aryl methyl sites for hydroxylation is 2. The number of rotatable bonds is 4. The normalized spacial score (nSPS) is 11.9. The molecule has 0 fully saturated rings. The molecule has 116 valence electrons. The van der Waals surface area contributed by atoms with E-state index in [0.717, 1.165) is 30.6 Å². The topological polar surface area (TPSA) is 38.3 Å². The number of ether oxygens (including phenoxy) is 1. The Morgan fingerprint density at radius 1 is 1.18 bits per heavy atom. The molecule has 1 N–H and O–H groups in total. The van der Waals surface area contributed by atoms with E-state index in [0.29, 0.717) is 0 Å². The van der Waals surface area contributed by atoms with Gasteiger partial charge in [0.2, 0.25) is 0 Å². The van der Waals surface area contributed by atoms with Crippen LogP contribution in [-0.2, 0) is 4.79 Å². The van der Waals surface area contributed by atoms with Gasteiger partial charge in [0.1, 0.15) is 5.75 Å². The first kappa shape index (κ1) is 17.3. The van der Waals surface area contributed by atoms with Crippen molar-refractivity contribution in [1.29, 1.82) is 0 Å². The van der Waals surface area contributed by atoms with Gasteiger partial charge in [0.05, 0.1) is 0 Å². The second-order valence-corrected chi connectivity index (χ2v) is 7.29. The lowest BCUT2D eigenvalue weighted by atomic mass is 10.1. The molecule has 0 heterocycles. The summed E-state index contributed by atoms with van der Waals surface area (Å²) >= 11 is 5.68. The molecule has 0 spiro atoms. The fraction of sp³-hybridized carbons (Fsp3) is 0.235. The molecular weight excluding hydrogens is 457 g/mol. The van der Waals surface area contributed by atoms with Crippen molar-refractivity contribution in [3.05, 3.63) is 55.6 Å². The molecular formula is C17H17BrINO2. The molecule has 1 amide bonds. The van der Waals surface area contributed by atoms with E-state index in [1.807, 2.05) is 50.2 Å². The predicted octanol–water partition coefficient (Wildman–Crippen LogP) is 5.08. The Bertz CT molecular complexity index is 663. The maximum atomic E-state index is 12.2. The molecule has 0 saturated heterocycles. The van der Waals surface area contributed by atoms with Crippen LogP contribution < -0.4 is 10.1 Å². The fourth-order valence-electron chi connectivity index (χ4n) is 2.09. The van der Waals surface area contributed by atoms with Gasteiger partial charge in [-0.05, 0) is 90.9 Å². The van der Waals surface area contributed by atoms with Crippen LogP contribution in [0.3, 0.4) is 0 Å². The standard InChI is InChI=1S/C17H17BrINO2/c1-10-8-13(18)9-11(2)16(10)22-12(3)17(21)20-15-6-4-14(19)5-7-15/h4-9,12H,1-3H3,(H,20,21). The third-order valence-electron chi connectivity index (χ3n) is 3.20. The van der Waals surface area contributed by atoms with Gasteiger partial charge >= 0.3 is 0 Å². The molecule has 5 heteroatoms. The van der Waals surface area contributed by atoms with Gasteiger partial charge in [-0.2, -0.15) is 0 Å². The highest BCUT2D eigenvalue weighted by atomic mass is 127. The number of carbonyl (C=O) groups excluding carboxylic acids is 1. The van der Waals surface area contributed by atoms with Gasteiger partial charge in [0.25, 0.3) is 5.91 Å². The Kier molecular flexibility index (Phi) is 5.86. The Balaban J connectivity index is 2.07. The largest absolute Gasteiger partial charge is 0.480 e. The van der Waals surface area contributed by atoms with E-state index in [1.54, 1.807) is 6.92 Å². The zero-order chi connectivity index (χ0) is 16.3. The van der Waals surface area contributed by atoms with Crippen LogP contribution in [0.5, 0.6) is 5.75 Å². The van der Waals surface area contributed by atoms with Gasteiger partial charge in [0.15, 0.2) is 6.10 Å². The minimum atomic E-state index is -0.571. The molecule has 0 aliphatic rings. The Hall–Kier alpha value is -1.08. The van der Waals surface area contributed by atoms with E-state index in [1.165, 1.54) is 0 Å². The second kappa shape index (κ2) is 7.46. The SMILES string of the molecule is Cc1cc(Br)cc(C)c1OC(C)C(=O)Nc1ccc(I)cc1. The maximum absolute atomic E-state index is 12.2. The van der Waals surface area contributed by atoms with E-state index in [2.05, 4.69) is 43.8 Å². The molecule has 0 saturated carbocycles. The van der Waals surface area contributed by atoms with Crippen molar-refractivity contribution < 1.29 is 9.53 Å². The second-order valence-electron chi connectivity index (χ2n) is 5.12. The van der Waals surface area contributed by atoms with Crippen molar-refractivity contribution in [2.75, 3.05) is 5.32 Å². The number of amides is 1. The fourth-order valence-corrected chi connectivity index (χ4v) is 3.14. The van der Waals surface area contributed by atoms with Crippen molar-refractivity contribution in [1.82, 2.24) is 0 Å². The number of hydrogen-bond donors (Lipinski definition) is 1. The monoisotopic (exact) mass is 473 g/mol. The summed E-state index contributed by atoms with van der Waals surface area (Å²) in [6, 6.07) is 11.6. The van der Waals surface area contributed by atoms with Crippen LogP contribution in [0.25, 0.3) is 0 Å². The minimum Gasteiger partial charge on any atom is -0.480 e. The first-order chi connectivity index (χ1) is 10.4. The van der Waals surface area contributed by atoms with Gasteiger partial charge in [-0.1, -0.05) is 15.9 Å². The van der Waals surface area contributed by atoms with Crippen LogP contribution in [-0.4, -0.2) is 12.0 Å². The number of anilines is 1. The molecule has 0 radical (unpaired) electrons. The number of halogens is 2. The van der Waals surface area contributed by atoms with Crippen molar-refractivity contribution >= 4 is 50.1 Å². The van der Waals surface area contributed by atoms with Crippen LogP contribution >= 0.6 is 38.5 Å². The summed E-state index contributed by atoms with van der Waals surface area (Å²) in [5, 5.41) is 2.86. The van der Waals surface area contributed by atoms with Crippen molar-refractivity contribution in [2.24, 2.45) is 0 Å². The van der Waals surface area contributed by atoms with Crippen molar-refractivity contribution in [3.8, 4) is 5.75 Å². The molecule has 1 atom stereocenters. The first-order valence-electron chi connectivity index (χ1n) is 6.86. The lowest BCUT2D eigenvalue weighted by Gasteiger charge is -2.18. The molecule has 2 aromatic carbocycles. The summed E-state index contributed by atoms with van der Waals surface area (Å²) in [6.07, 6.45) is -0.571. The number of carbonyl (C=O) groups is 1. The van der Waals surface area contributed by atoms with E-state index < -0.39 is 6.10 Å². The molecule has 2 aromatic rings. The van der Waals surface area contributed by atoms with Crippen LogP contribution in [0, 0.1) is 17.4 Å². The predicted molar refractivity (Wildman–Crippen MR) is 101 cm³/mol. The van der Waals surface area contributed by atoms with Gasteiger partial charge in [0, 0.05) is 13.7 Å². The molecule has 0 aliphatic carbocycles. The zero-order valence-electron chi connectivity index (χ0n) is 12.6. The zero-order valence-corrected chi connectivity index (χ0v) is 16.4. The number of benzene rings is 2. The van der Waals surface area contributed by atoms with E-state index in [-0.39, 0.29) is 5.91 Å². The molecule has 1 unspecified atom stereocenters. The third kappa shape index (κ3) is 4.46. The summed E-state index contributed by atoms with van der Waals surface area (Å²) in [5.74, 6) is 0.594. The lowest BCUT2D eigenvalue weighted by molar-refractivity contribution is -0.122. The molecule has 0 aliphatic heterocycles. The summed E-state index contributed by atoms with van der Waals surface area (Å²) in [5.41, 5.74) is 2.77. The van der Waals surface area contributed by atoms with Gasteiger partial charge in [-0.15, -0.1) is 0 Å². The number of nitrogens with one attached hydrogen (secondary N) is 1. The van der Waals surface area contributed by atoms with Crippen molar-refractivity contribution in [2.45, 2.75) is 26.9 Å². The number of hydrogen-bond acceptors (Lipinski definition) is 2. The van der Waals surface area contributed by atoms with Crippen LogP contribution in [0.4, 0.5) is 5.69 Å². The highest BCUT2D eigenvalue weighted by Crippen LogP contribution is 2.28. The third-order valence-corrected chi connectivity index (χ3v) is 4.38. The Labute approximate surface area is 152 Å².